The molecule has 8 heterocycles. The van der Waals surface area contributed by atoms with E-state index in [0.717, 1.165) is 192 Å². The highest BCUT2D eigenvalue weighted by Crippen LogP contribution is 2.55. The smallest absolute Gasteiger partial charge is 0.145 e. The van der Waals surface area contributed by atoms with E-state index in [-0.39, 0.29) is 0 Å². The number of fused-ring (bicyclic) bond motifs is 27. The van der Waals surface area contributed by atoms with Crippen LogP contribution in [-0.2, 0) is 0 Å². The maximum Gasteiger partial charge on any atom is 0.145 e. The van der Waals surface area contributed by atoms with E-state index in [2.05, 4.69) is 220 Å². The van der Waals surface area contributed by atoms with E-state index >= 15 is 0 Å². The van der Waals surface area contributed by atoms with Crippen molar-refractivity contribution in [1.82, 2.24) is 13.7 Å². The van der Waals surface area contributed by atoms with E-state index in [1.165, 1.54) is 0 Å². The fraction of sp³-hybridized carbons (Fsp3) is 0. The lowest BCUT2D eigenvalue weighted by Gasteiger charge is -2.29. The molecular weight excluding hydrogens is 1160 g/mol. The van der Waals surface area contributed by atoms with Crippen LogP contribution in [-0.4, -0.2) is 13.7 Å². The van der Waals surface area contributed by atoms with E-state index in [1.807, 2.05) is 66.7 Å². The van der Waals surface area contributed by atoms with Crippen molar-refractivity contribution in [2.24, 2.45) is 0 Å². The third kappa shape index (κ3) is 6.40. The first-order valence-corrected chi connectivity index (χ1v) is 31.6. The summed E-state index contributed by atoms with van der Waals surface area (Å²) in [5, 5.41) is 29.0. The molecule has 8 aromatic heterocycles. The molecule has 0 spiro atoms. The van der Waals surface area contributed by atoms with Crippen LogP contribution in [0.1, 0.15) is 5.56 Å². The van der Waals surface area contributed by atoms with Gasteiger partial charge in [-0.25, -0.2) is 0 Å². The lowest BCUT2D eigenvalue weighted by molar-refractivity contribution is 0.668. The van der Waals surface area contributed by atoms with Crippen molar-refractivity contribution < 1.29 is 22.1 Å². The van der Waals surface area contributed by atoms with E-state index in [9.17, 15) is 5.26 Å². The molecule has 0 amide bonds. The van der Waals surface area contributed by atoms with E-state index in [0.29, 0.717) is 27.9 Å². The average molecular weight is 1200 g/mol. The molecule has 94 heavy (non-hydrogen) atoms. The minimum absolute atomic E-state index is 0.437. The molecule has 9 heteroatoms. The fourth-order valence-corrected chi connectivity index (χ4v) is 16.2. The Bertz CT molecular complexity index is 6880. The van der Waals surface area contributed by atoms with E-state index < -0.39 is 0 Å². The molecule has 22 rings (SSSR count). The summed E-state index contributed by atoms with van der Waals surface area (Å²) in [5.41, 5.74) is 18.8. The van der Waals surface area contributed by atoms with Gasteiger partial charge in [-0.3, -0.25) is 0 Å². The maximum atomic E-state index is 13.1. The van der Waals surface area contributed by atoms with Gasteiger partial charge in [0, 0.05) is 81.1 Å². The molecule has 0 N–H and O–H groups in total. The Morgan fingerprint density at radius 2 is 0.511 bits per heavy atom. The third-order valence-electron chi connectivity index (χ3n) is 20.1. The molecule has 22 aromatic rings. The van der Waals surface area contributed by atoms with Crippen molar-refractivity contribution >= 4 is 175 Å². The Labute approximate surface area is 531 Å². The fourth-order valence-electron chi connectivity index (χ4n) is 16.2. The molecule has 0 aliphatic carbocycles. The first-order valence-electron chi connectivity index (χ1n) is 31.6. The molecule has 0 radical (unpaired) electrons. The van der Waals surface area contributed by atoms with E-state index in [1.54, 1.807) is 0 Å². The number of hydrogen-bond donors (Lipinski definition) is 0. The maximum absolute atomic E-state index is 13.1. The third-order valence-corrected chi connectivity index (χ3v) is 20.1. The van der Waals surface area contributed by atoms with Gasteiger partial charge in [-0.1, -0.05) is 158 Å². The topological polar surface area (TPSA) is 104 Å². The average Bonchev–Trinajstić information content (AvgIpc) is 1.46. The number of nitriles is 1. The van der Waals surface area contributed by atoms with Crippen LogP contribution in [0.25, 0.3) is 214 Å². The number of rotatable bonds is 5. The van der Waals surface area contributed by atoms with Crippen LogP contribution in [0.5, 0.6) is 0 Å². The molecule has 0 saturated heterocycles. The number of para-hydroxylation sites is 8. The summed E-state index contributed by atoms with van der Waals surface area (Å²) in [5.74, 6) is 0. The SMILES string of the molecule is N#Cc1c(-c2ccc3c(c2)oc2ccccc23)c(-n2c3ccccc3c3c4oc5ccccc5c4ccc32)c(-n2c3ccccc3c3c4oc5ccccc5c4ccc32)c(-n2c3ccccc3c3c4oc5ccccc5c4ccc32)c1-c1ccc2c(c1)oc1ccccc12. The van der Waals surface area contributed by atoms with Crippen LogP contribution in [0.2, 0.25) is 0 Å². The van der Waals surface area contributed by atoms with Gasteiger partial charge >= 0.3 is 0 Å². The predicted octanol–water partition coefficient (Wildman–Crippen LogP) is 23.7. The Hall–Kier alpha value is -13.0. The highest BCUT2D eigenvalue weighted by Gasteiger charge is 2.36. The summed E-state index contributed by atoms with van der Waals surface area (Å²) < 4.78 is 42.4. The first-order chi connectivity index (χ1) is 46.6. The number of nitrogens with zero attached hydrogens (tertiary/aromatic N) is 4. The zero-order valence-corrected chi connectivity index (χ0v) is 49.7. The zero-order valence-electron chi connectivity index (χ0n) is 49.7. The summed E-state index contributed by atoms with van der Waals surface area (Å²) in [4.78, 5) is 0. The second-order valence-corrected chi connectivity index (χ2v) is 24.8. The Morgan fingerprint density at radius 1 is 0.234 bits per heavy atom. The van der Waals surface area contributed by atoms with Crippen LogP contribution < -0.4 is 0 Å². The van der Waals surface area contributed by atoms with Crippen LogP contribution in [0.4, 0.5) is 0 Å². The molecule has 0 unspecified atom stereocenters. The van der Waals surface area contributed by atoms with Gasteiger partial charge in [-0.15, -0.1) is 0 Å². The van der Waals surface area contributed by atoms with Crippen molar-refractivity contribution in [2.75, 3.05) is 0 Å². The molecule has 434 valence electrons. The minimum Gasteiger partial charge on any atom is -0.456 e. The molecule has 9 nitrogen and oxygen atoms in total. The normalized spacial score (nSPS) is 12.5. The van der Waals surface area contributed by atoms with Gasteiger partial charge in [-0.05, 0) is 120 Å². The second kappa shape index (κ2) is 18.1. The highest BCUT2D eigenvalue weighted by molar-refractivity contribution is 6.29. The first kappa shape index (κ1) is 49.8. The Balaban J connectivity index is 1.04. The zero-order chi connectivity index (χ0) is 61.2. The quantitative estimate of drug-likeness (QED) is 0.170. The highest BCUT2D eigenvalue weighted by atomic mass is 16.3. The van der Waals surface area contributed by atoms with Crippen molar-refractivity contribution in [2.45, 2.75) is 0 Å². The second-order valence-electron chi connectivity index (χ2n) is 24.8. The van der Waals surface area contributed by atoms with Crippen LogP contribution in [0, 0.1) is 11.3 Å². The standard InChI is InChI=1S/C85H44N4O5/c86-45-61-75(46-33-35-53-48-17-4-12-28-68(48)90-73(53)43-46)80(87-62-25-9-1-22-58(62)77-65(87)40-37-55-50-19-6-14-30-70(50)92-83(55)77)82(89-64-27-11-3-24-60(64)79-67(89)42-39-57-52-21-8-16-32-72(52)94-85(57)79)81(76(61)47-34-36-54-49-18-5-13-29-69(49)91-74(54)44-47)88-63-26-10-2-23-59(63)78-66(88)41-38-56-51-20-7-15-31-71(51)93-84(56)78/h1-44H. The summed E-state index contributed by atoms with van der Waals surface area (Å²) in [6.07, 6.45) is 0. The number of furan rings is 5. The lowest BCUT2D eigenvalue weighted by Crippen LogP contribution is -2.14. The van der Waals surface area contributed by atoms with Gasteiger partial charge in [-0.2, -0.15) is 5.26 Å². The largest absolute Gasteiger partial charge is 0.456 e. The van der Waals surface area contributed by atoms with Crippen molar-refractivity contribution in [3.8, 4) is 45.4 Å². The Kier molecular flexibility index (Phi) is 9.59. The van der Waals surface area contributed by atoms with Gasteiger partial charge in [0.15, 0.2) is 0 Å². The Morgan fingerprint density at radius 3 is 0.862 bits per heavy atom. The van der Waals surface area contributed by atoms with Gasteiger partial charge in [0.25, 0.3) is 0 Å². The summed E-state index contributed by atoms with van der Waals surface area (Å²) in [6.45, 7) is 0. The molecule has 14 aromatic carbocycles. The minimum atomic E-state index is 0.437. The molecular formula is C85H44N4O5. The molecule has 0 saturated carbocycles. The molecule has 0 atom stereocenters. The predicted molar refractivity (Wildman–Crippen MR) is 381 cm³/mol. The van der Waals surface area contributed by atoms with E-state index in [4.69, 9.17) is 22.1 Å². The molecule has 0 aliphatic rings. The van der Waals surface area contributed by atoms with Gasteiger partial charge in [0.2, 0.25) is 0 Å². The summed E-state index contributed by atoms with van der Waals surface area (Å²) in [6, 6.07) is 96.5. The van der Waals surface area contributed by atoms with Gasteiger partial charge in [0.05, 0.1) is 71.9 Å². The van der Waals surface area contributed by atoms with Gasteiger partial charge in [0.1, 0.15) is 61.9 Å². The van der Waals surface area contributed by atoms with Gasteiger partial charge < -0.3 is 35.8 Å². The van der Waals surface area contributed by atoms with Crippen molar-refractivity contribution in [3.63, 3.8) is 0 Å². The monoisotopic (exact) mass is 1200 g/mol. The van der Waals surface area contributed by atoms with Crippen LogP contribution in [0.15, 0.2) is 289 Å². The number of hydrogen-bond acceptors (Lipinski definition) is 6. The lowest BCUT2D eigenvalue weighted by atomic mass is 9.86. The van der Waals surface area contributed by atoms with Crippen molar-refractivity contribution in [3.05, 3.63) is 272 Å². The van der Waals surface area contributed by atoms with Crippen LogP contribution in [0.3, 0.4) is 0 Å². The summed E-state index contributed by atoms with van der Waals surface area (Å²) >= 11 is 0. The van der Waals surface area contributed by atoms with Crippen LogP contribution >= 0.6 is 0 Å². The summed E-state index contributed by atoms with van der Waals surface area (Å²) in [7, 11) is 0. The molecule has 0 bridgehead atoms. The number of aromatic nitrogens is 3. The van der Waals surface area contributed by atoms with Crippen molar-refractivity contribution in [1.29, 1.82) is 5.26 Å². The number of benzene rings is 14. The molecule has 0 aliphatic heterocycles. The molecule has 0 fully saturated rings.